The van der Waals surface area contributed by atoms with Crippen LogP contribution in [0.3, 0.4) is 0 Å². The zero-order chi connectivity index (χ0) is 9.61. The molecule has 12 heavy (non-hydrogen) atoms. The molecule has 0 aromatic heterocycles. The van der Waals surface area contributed by atoms with Crippen molar-refractivity contribution in [3.05, 3.63) is 0 Å². The molecular weight excluding hydrogens is 152 g/mol. The maximum atomic E-state index is 5.21. The third-order valence-electron chi connectivity index (χ3n) is 2.05. The molecule has 0 aliphatic carbocycles. The number of hydrazine groups is 1. The van der Waals surface area contributed by atoms with Crippen LogP contribution in [0.2, 0.25) is 0 Å². The Kier molecular flexibility index (Phi) is 4.66. The minimum absolute atomic E-state index is 0.285. The van der Waals surface area contributed by atoms with Gasteiger partial charge in [-0.1, -0.05) is 20.8 Å². The molecule has 0 saturated heterocycles. The molecule has 0 heterocycles. The highest BCUT2D eigenvalue weighted by atomic mass is 15.3. The van der Waals surface area contributed by atoms with E-state index in [1.807, 2.05) is 0 Å². The Labute approximate surface area is 74.6 Å². The lowest BCUT2D eigenvalue weighted by Crippen LogP contribution is -2.44. The van der Waals surface area contributed by atoms with Crippen LogP contribution < -0.4 is 16.6 Å². The van der Waals surface area contributed by atoms with Crippen molar-refractivity contribution in [2.24, 2.45) is 16.3 Å². The van der Waals surface area contributed by atoms with Crippen LogP contribution in [-0.2, 0) is 0 Å². The Morgan fingerprint density at radius 1 is 1.50 bits per heavy atom. The maximum absolute atomic E-state index is 5.21. The first-order chi connectivity index (χ1) is 5.55. The quantitative estimate of drug-likeness (QED) is 0.251. The molecule has 0 aromatic rings. The van der Waals surface area contributed by atoms with Gasteiger partial charge in [-0.25, -0.2) is 5.84 Å². The van der Waals surface area contributed by atoms with Crippen molar-refractivity contribution in [1.29, 1.82) is 0 Å². The van der Waals surface area contributed by atoms with E-state index >= 15 is 0 Å². The first-order valence-corrected chi connectivity index (χ1v) is 4.23. The average Bonchev–Trinajstić information content (AvgIpc) is 2.06. The van der Waals surface area contributed by atoms with Crippen LogP contribution >= 0.6 is 0 Å². The SMILES string of the molecule is CCC(C)(C)CNC(=NC)NN. The van der Waals surface area contributed by atoms with Gasteiger partial charge < -0.3 is 5.32 Å². The molecule has 0 spiro atoms. The first kappa shape index (κ1) is 11.2. The normalized spacial score (nSPS) is 12.9. The van der Waals surface area contributed by atoms with Gasteiger partial charge in [0.25, 0.3) is 0 Å². The van der Waals surface area contributed by atoms with Gasteiger partial charge in [-0.2, -0.15) is 0 Å². The first-order valence-electron chi connectivity index (χ1n) is 4.23. The van der Waals surface area contributed by atoms with Gasteiger partial charge in [0.1, 0.15) is 0 Å². The Morgan fingerprint density at radius 3 is 2.42 bits per heavy atom. The number of hydrogen-bond donors (Lipinski definition) is 3. The van der Waals surface area contributed by atoms with Crippen LogP contribution in [0.5, 0.6) is 0 Å². The van der Waals surface area contributed by atoms with Crippen LogP contribution in [0.4, 0.5) is 0 Å². The number of nitrogens with zero attached hydrogens (tertiary/aromatic N) is 1. The lowest BCUT2D eigenvalue weighted by molar-refractivity contribution is 0.348. The Bertz CT molecular complexity index is 151. The number of aliphatic imine (C=N–C) groups is 1. The summed E-state index contributed by atoms with van der Waals surface area (Å²) >= 11 is 0. The minimum Gasteiger partial charge on any atom is -0.355 e. The molecule has 0 amide bonds. The van der Waals surface area contributed by atoms with Crippen LogP contribution in [0.1, 0.15) is 27.2 Å². The van der Waals surface area contributed by atoms with Gasteiger partial charge in [0.15, 0.2) is 0 Å². The second-order valence-electron chi connectivity index (χ2n) is 3.59. The van der Waals surface area contributed by atoms with E-state index in [0.29, 0.717) is 5.96 Å². The number of nitrogens with two attached hydrogens (primary N) is 1. The van der Waals surface area contributed by atoms with Crippen LogP contribution in [0, 0.1) is 5.41 Å². The van der Waals surface area contributed by atoms with Crippen molar-refractivity contribution < 1.29 is 0 Å². The third-order valence-corrected chi connectivity index (χ3v) is 2.05. The standard InChI is InChI=1S/C8H20N4/c1-5-8(2,3)6-11-7(10-4)12-9/h5-6,9H2,1-4H3,(H2,10,11,12). The maximum Gasteiger partial charge on any atom is 0.205 e. The largest absolute Gasteiger partial charge is 0.355 e. The zero-order valence-electron chi connectivity index (χ0n) is 8.44. The molecular formula is C8H20N4. The summed E-state index contributed by atoms with van der Waals surface area (Å²) in [6, 6.07) is 0. The van der Waals surface area contributed by atoms with Gasteiger partial charge >= 0.3 is 0 Å². The molecule has 0 bridgehead atoms. The number of nitrogens with one attached hydrogen (secondary N) is 2. The summed E-state index contributed by atoms with van der Waals surface area (Å²) in [4.78, 5) is 3.91. The van der Waals surface area contributed by atoms with Crippen molar-refractivity contribution in [3.63, 3.8) is 0 Å². The highest BCUT2D eigenvalue weighted by Gasteiger charge is 2.14. The molecule has 0 unspecified atom stereocenters. The number of guanidine groups is 1. The molecule has 4 nitrogen and oxygen atoms in total. The predicted octanol–water partition coefficient (Wildman–Crippen LogP) is 0.461. The summed E-state index contributed by atoms with van der Waals surface area (Å²) in [5.74, 6) is 5.85. The topological polar surface area (TPSA) is 62.4 Å². The van der Waals surface area contributed by atoms with Gasteiger partial charge in [0.2, 0.25) is 5.96 Å². The van der Waals surface area contributed by atoms with Crippen LogP contribution in [0.15, 0.2) is 4.99 Å². The molecule has 0 radical (unpaired) electrons. The van der Waals surface area contributed by atoms with E-state index in [2.05, 4.69) is 36.5 Å². The average molecular weight is 172 g/mol. The molecule has 0 atom stereocenters. The van der Waals surface area contributed by atoms with Crippen LogP contribution in [-0.4, -0.2) is 19.6 Å². The Morgan fingerprint density at radius 2 is 2.08 bits per heavy atom. The van der Waals surface area contributed by atoms with Crippen molar-refractivity contribution in [2.45, 2.75) is 27.2 Å². The summed E-state index contributed by atoms with van der Waals surface area (Å²) in [5, 5.41) is 3.12. The van der Waals surface area contributed by atoms with E-state index in [-0.39, 0.29) is 5.41 Å². The fourth-order valence-electron chi connectivity index (χ4n) is 0.643. The third kappa shape index (κ3) is 4.18. The predicted molar refractivity (Wildman–Crippen MR) is 52.8 cm³/mol. The molecule has 0 aromatic carbocycles. The Balaban J connectivity index is 3.81. The van der Waals surface area contributed by atoms with Gasteiger partial charge in [-0.15, -0.1) is 0 Å². The van der Waals surface area contributed by atoms with E-state index in [1.165, 1.54) is 0 Å². The van der Waals surface area contributed by atoms with Crippen molar-refractivity contribution >= 4 is 5.96 Å². The fourth-order valence-corrected chi connectivity index (χ4v) is 0.643. The van der Waals surface area contributed by atoms with E-state index < -0.39 is 0 Å². The molecule has 0 fully saturated rings. The summed E-state index contributed by atoms with van der Waals surface area (Å²) in [6.07, 6.45) is 1.13. The number of hydrogen-bond acceptors (Lipinski definition) is 2. The van der Waals surface area contributed by atoms with Crippen molar-refractivity contribution in [1.82, 2.24) is 10.7 Å². The second kappa shape index (κ2) is 4.98. The minimum atomic E-state index is 0.285. The van der Waals surface area contributed by atoms with Gasteiger partial charge in [0, 0.05) is 13.6 Å². The Hall–Kier alpha value is -0.770. The fraction of sp³-hybridized carbons (Fsp3) is 0.875. The van der Waals surface area contributed by atoms with Gasteiger partial charge in [0.05, 0.1) is 0 Å². The molecule has 0 rings (SSSR count). The second-order valence-corrected chi connectivity index (χ2v) is 3.59. The van der Waals surface area contributed by atoms with E-state index in [0.717, 1.165) is 13.0 Å². The molecule has 0 saturated carbocycles. The van der Waals surface area contributed by atoms with Crippen LogP contribution in [0.25, 0.3) is 0 Å². The van der Waals surface area contributed by atoms with E-state index in [1.54, 1.807) is 7.05 Å². The van der Waals surface area contributed by atoms with E-state index in [4.69, 9.17) is 5.84 Å². The highest BCUT2D eigenvalue weighted by molar-refractivity contribution is 5.78. The number of rotatable bonds is 3. The smallest absolute Gasteiger partial charge is 0.205 e. The summed E-state index contributed by atoms with van der Waals surface area (Å²) in [7, 11) is 1.70. The molecule has 0 aliphatic heterocycles. The lowest BCUT2D eigenvalue weighted by Gasteiger charge is -2.23. The van der Waals surface area contributed by atoms with Crippen molar-refractivity contribution in [2.75, 3.05) is 13.6 Å². The van der Waals surface area contributed by atoms with Crippen molar-refractivity contribution in [3.8, 4) is 0 Å². The monoisotopic (exact) mass is 172 g/mol. The summed E-state index contributed by atoms with van der Waals surface area (Å²) in [6.45, 7) is 7.44. The van der Waals surface area contributed by atoms with Gasteiger partial charge in [-0.05, 0) is 11.8 Å². The zero-order valence-corrected chi connectivity index (χ0v) is 8.44. The highest BCUT2D eigenvalue weighted by Crippen LogP contribution is 2.17. The lowest BCUT2D eigenvalue weighted by atomic mass is 9.90. The summed E-state index contributed by atoms with van der Waals surface area (Å²) < 4.78 is 0. The molecule has 0 aliphatic rings. The van der Waals surface area contributed by atoms with E-state index in [9.17, 15) is 0 Å². The molecule has 4 heteroatoms. The van der Waals surface area contributed by atoms with Gasteiger partial charge in [-0.3, -0.25) is 10.4 Å². The summed E-state index contributed by atoms with van der Waals surface area (Å²) in [5.41, 5.74) is 2.77. The molecule has 72 valence electrons. The molecule has 4 N–H and O–H groups in total.